The summed E-state index contributed by atoms with van der Waals surface area (Å²) in [5.41, 5.74) is 4.58. The highest BCUT2D eigenvalue weighted by Gasteiger charge is 2.13. The minimum absolute atomic E-state index is 0.223. The Kier molecular flexibility index (Phi) is 4.47. The van der Waals surface area contributed by atoms with Crippen molar-refractivity contribution in [2.45, 2.75) is 32.1 Å². The van der Waals surface area contributed by atoms with Crippen LogP contribution in [0.3, 0.4) is 0 Å². The van der Waals surface area contributed by atoms with E-state index >= 15 is 0 Å². The van der Waals surface area contributed by atoms with Gasteiger partial charge in [0.1, 0.15) is 12.0 Å². The van der Waals surface area contributed by atoms with Crippen molar-refractivity contribution in [1.29, 1.82) is 5.26 Å². The summed E-state index contributed by atoms with van der Waals surface area (Å²) in [7, 11) is 0. The molecule has 1 N–H and O–H groups in total. The van der Waals surface area contributed by atoms with Crippen molar-refractivity contribution in [3.05, 3.63) is 64.0 Å². The summed E-state index contributed by atoms with van der Waals surface area (Å²) >= 11 is 0. The molecule has 1 heterocycles. The summed E-state index contributed by atoms with van der Waals surface area (Å²) in [6, 6.07) is 14.9. The van der Waals surface area contributed by atoms with Crippen LogP contribution in [0, 0.1) is 11.3 Å². The van der Waals surface area contributed by atoms with Crippen molar-refractivity contribution in [3.63, 3.8) is 0 Å². The smallest absolute Gasteiger partial charge is 0.344 e. The van der Waals surface area contributed by atoms with E-state index in [1.54, 1.807) is 24.3 Å². The molecule has 27 heavy (non-hydrogen) atoms. The van der Waals surface area contributed by atoms with Crippen LogP contribution in [0.1, 0.15) is 30.4 Å². The molecular weight excluding hydrogens is 340 g/mol. The molecule has 1 aromatic heterocycles. The van der Waals surface area contributed by atoms with Gasteiger partial charge in [0.15, 0.2) is 0 Å². The Balaban J connectivity index is 1.71. The normalized spacial score (nSPS) is 13.0. The second-order valence-corrected chi connectivity index (χ2v) is 6.77. The van der Waals surface area contributed by atoms with E-state index in [2.05, 4.69) is 17.4 Å². The van der Waals surface area contributed by atoms with E-state index < -0.39 is 11.5 Å². The first-order valence-electron chi connectivity index (χ1n) is 9.01. The Bertz CT molecular complexity index is 1140. The van der Waals surface area contributed by atoms with Gasteiger partial charge in [-0.15, -0.1) is 0 Å². The van der Waals surface area contributed by atoms with Crippen LogP contribution in [0.25, 0.3) is 22.1 Å². The number of carbonyl (C=O) groups is 1. The fourth-order valence-corrected chi connectivity index (χ4v) is 3.57. The van der Waals surface area contributed by atoms with Crippen LogP contribution < -0.4 is 10.9 Å². The predicted molar refractivity (Wildman–Crippen MR) is 103 cm³/mol. The Labute approximate surface area is 156 Å². The highest BCUT2D eigenvalue weighted by atomic mass is 16.4. The lowest BCUT2D eigenvalue weighted by Crippen LogP contribution is -2.10. The lowest BCUT2D eigenvalue weighted by molar-refractivity contribution is -0.115. The lowest BCUT2D eigenvalue weighted by atomic mass is 9.89. The number of nitriles is 1. The molecule has 3 aromatic rings. The van der Waals surface area contributed by atoms with Crippen molar-refractivity contribution in [2.24, 2.45) is 0 Å². The zero-order chi connectivity index (χ0) is 18.8. The fraction of sp³-hybridized carbons (Fsp3) is 0.227. The van der Waals surface area contributed by atoms with Crippen molar-refractivity contribution in [3.8, 4) is 17.2 Å². The van der Waals surface area contributed by atoms with Gasteiger partial charge >= 0.3 is 5.63 Å². The number of anilines is 1. The Morgan fingerprint density at radius 1 is 1.07 bits per heavy atom. The fourth-order valence-electron chi connectivity index (χ4n) is 3.57. The van der Waals surface area contributed by atoms with Crippen molar-refractivity contribution < 1.29 is 9.21 Å². The van der Waals surface area contributed by atoms with E-state index in [0.717, 1.165) is 23.8 Å². The standard InChI is InChI=1S/C22H18N2O3/c23-10-9-21(25)24-18-8-7-17-12-19(22(26)27-20(17)13-18)16-6-5-14-3-1-2-4-15(14)11-16/h5-8,11-13H,1-4,9H2,(H,24,25). The Morgan fingerprint density at radius 2 is 1.89 bits per heavy atom. The molecule has 0 unspecified atom stereocenters. The summed E-state index contributed by atoms with van der Waals surface area (Å²) in [6.07, 6.45) is 4.33. The molecule has 0 radical (unpaired) electrons. The highest BCUT2D eigenvalue weighted by Crippen LogP contribution is 2.28. The van der Waals surface area contributed by atoms with Crippen molar-refractivity contribution in [1.82, 2.24) is 0 Å². The molecule has 2 aromatic carbocycles. The van der Waals surface area contributed by atoms with E-state index in [1.165, 1.54) is 24.0 Å². The van der Waals surface area contributed by atoms with Gasteiger partial charge in [0, 0.05) is 17.1 Å². The molecule has 0 saturated carbocycles. The number of carbonyl (C=O) groups excluding carboxylic acids is 1. The number of hydrogen-bond donors (Lipinski definition) is 1. The van der Waals surface area contributed by atoms with Crippen LogP contribution in [-0.4, -0.2) is 5.91 Å². The topological polar surface area (TPSA) is 83.1 Å². The third kappa shape index (κ3) is 3.47. The van der Waals surface area contributed by atoms with Gasteiger partial charge in [0.2, 0.25) is 5.91 Å². The number of benzene rings is 2. The van der Waals surface area contributed by atoms with Crippen molar-refractivity contribution >= 4 is 22.6 Å². The molecule has 5 heteroatoms. The largest absolute Gasteiger partial charge is 0.422 e. The number of nitrogens with zero attached hydrogens (tertiary/aromatic N) is 1. The molecule has 1 aliphatic carbocycles. The Morgan fingerprint density at radius 3 is 2.70 bits per heavy atom. The van der Waals surface area contributed by atoms with Crippen LogP contribution in [0.4, 0.5) is 5.69 Å². The molecule has 4 rings (SSSR count). The monoisotopic (exact) mass is 358 g/mol. The highest BCUT2D eigenvalue weighted by molar-refractivity contribution is 5.94. The molecule has 1 amide bonds. The molecule has 0 bridgehead atoms. The SMILES string of the molecule is N#CCC(=O)Nc1ccc2cc(-c3ccc4c(c3)CCCC4)c(=O)oc2c1. The summed E-state index contributed by atoms with van der Waals surface area (Å²) in [6.45, 7) is 0. The maximum absolute atomic E-state index is 12.5. The van der Waals surface area contributed by atoms with Gasteiger partial charge in [-0.05, 0) is 60.6 Å². The van der Waals surface area contributed by atoms with Crippen LogP contribution in [-0.2, 0) is 17.6 Å². The number of nitrogens with one attached hydrogen (secondary N) is 1. The molecule has 0 atom stereocenters. The first kappa shape index (κ1) is 17.0. The minimum atomic E-state index is -0.404. The maximum atomic E-state index is 12.5. The molecule has 0 aliphatic heterocycles. The molecule has 0 spiro atoms. The van der Waals surface area contributed by atoms with Crippen LogP contribution in [0.5, 0.6) is 0 Å². The average molecular weight is 358 g/mol. The lowest BCUT2D eigenvalue weighted by Gasteiger charge is -2.16. The Hall–Kier alpha value is -3.39. The first-order valence-corrected chi connectivity index (χ1v) is 9.01. The molecular formula is C22H18N2O3. The molecule has 1 aliphatic rings. The third-order valence-corrected chi connectivity index (χ3v) is 4.92. The maximum Gasteiger partial charge on any atom is 0.344 e. The van der Waals surface area contributed by atoms with Gasteiger partial charge in [0.25, 0.3) is 0 Å². The van der Waals surface area contributed by atoms with E-state index in [1.807, 2.05) is 12.1 Å². The van der Waals surface area contributed by atoms with Gasteiger partial charge in [-0.3, -0.25) is 4.79 Å². The molecule has 0 fully saturated rings. The summed E-state index contributed by atoms with van der Waals surface area (Å²) in [5.74, 6) is -0.398. The summed E-state index contributed by atoms with van der Waals surface area (Å²) in [4.78, 5) is 24.1. The number of amides is 1. The molecule has 0 saturated heterocycles. The van der Waals surface area contributed by atoms with Gasteiger partial charge < -0.3 is 9.73 Å². The van der Waals surface area contributed by atoms with Crippen LogP contribution in [0.2, 0.25) is 0 Å². The van der Waals surface area contributed by atoms with Crippen LogP contribution in [0.15, 0.2) is 51.7 Å². The predicted octanol–water partition coefficient (Wildman–Crippen LogP) is 4.19. The van der Waals surface area contributed by atoms with Gasteiger partial charge in [-0.1, -0.05) is 18.2 Å². The van der Waals surface area contributed by atoms with Gasteiger partial charge in [-0.2, -0.15) is 5.26 Å². The van der Waals surface area contributed by atoms with Gasteiger partial charge in [0.05, 0.1) is 11.6 Å². The summed E-state index contributed by atoms with van der Waals surface area (Å²) in [5, 5.41) is 12.0. The molecule has 134 valence electrons. The number of rotatable bonds is 3. The van der Waals surface area contributed by atoms with E-state index in [4.69, 9.17) is 9.68 Å². The number of fused-ring (bicyclic) bond motifs is 2. The van der Waals surface area contributed by atoms with E-state index in [0.29, 0.717) is 16.8 Å². The zero-order valence-electron chi connectivity index (χ0n) is 14.7. The minimum Gasteiger partial charge on any atom is -0.422 e. The van der Waals surface area contributed by atoms with E-state index in [-0.39, 0.29) is 6.42 Å². The van der Waals surface area contributed by atoms with E-state index in [9.17, 15) is 9.59 Å². The van der Waals surface area contributed by atoms with Crippen LogP contribution >= 0.6 is 0 Å². The second kappa shape index (κ2) is 7.08. The molecule has 5 nitrogen and oxygen atoms in total. The summed E-state index contributed by atoms with van der Waals surface area (Å²) < 4.78 is 5.50. The number of hydrogen-bond acceptors (Lipinski definition) is 4. The quantitative estimate of drug-likeness (QED) is 0.712. The number of aryl methyl sites for hydroxylation is 2. The zero-order valence-corrected chi connectivity index (χ0v) is 14.7. The van der Waals surface area contributed by atoms with Gasteiger partial charge in [-0.25, -0.2) is 4.79 Å². The first-order chi connectivity index (χ1) is 13.1. The van der Waals surface area contributed by atoms with Crippen molar-refractivity contribution in [2.75, 3.05) is 5.32 Å². The third-order valence-electron chi connectivity index (χ3n) is 4.92. The second-order valence-electron chi connectivity index (χ2n) is 6.77. The average Bonchev–Trinajstić information content (AvgIpc) is 2.67.